The molecule has 0 bridgehead atoms. The first-order chi connectivity index (χ1) is 15.9. The van der Waals surface area contributed by atoms with Gasteiger partial charge in [-0.1, -0.05) is 6.07 Å². The summed E-state index contributed by atoms with van der Waals surface area (Å²) in [4.78, 5) is 0. The molecule has 172 valence electrons. The summed E-state index contributed by atoms with van der Waals surface area (Å²) in [6, 6.07) is 21.1. The van der Waals surface area contributed by atoms with Crippen LogP contribution in [0.15, 0.2) is 66.7 Å². The lowest BCUT2D eigenvalue weighted by molar-refractivity contribution is 0.313. The Morgan fingerprint density at radius 1 is 0.727 bits per heavy atom. The van der Waals surface area contributed by atoms with Gasteiger partial charge in [-0.05, 0) is 84.8 Å². The second kappa shape index (κ2) is 11.5. The second-order valence-corrected chi connectivity index (χ2v) is 7.67. The molecule has 0 aliphatic carbocycles. The molecule has 0 atom stereocenters. The van der Waals surface area contributed by atoms with E-state index in [1.807, 2.05) is 60.7 Å². The van der Waals surface area contributed by atoms with Gasteiger partial charge in [0.1, 0.15) is 17.4 Å². The average Bonchev–Trinajstić information content (AvgIpc) is 2.82. The van der Waals surface area contributed by atoms with Gasteiger partial charge in [0.25, 0.3) is 0 Å². The first kappa shape index (κ1) is 23.6. The summed E-state index contributed by atoms with van der Waals surface area (Å²) in [5.41, 5.74) is 22.1. The Bertz CT molecular complexity index is 999. The van der Waals surface area contributed by atoms with E-state index in [0.29, 0.717) is 37.4 Å². The maximum absolute atomic E-state index is 7.50. The van der Waals surface area contributed by atoms with E-state index in [9.17, 15) is 0 Å². The smallest absolute Gasteiger partial charge is 0.122 e. The zero-order chi connectivity index (χ0) is 23.6. The maximum atomic E-state index is 7.50. The zero-order valence-corrected chi connectivity index (χ0v) is 18.5. The van der Waals surface area contributed by atoms with Gasteiger partial charge in [-0.25, -0.2) is 0 Å². The van der Waals surface area contributed by atoms with Crippen molar-refractivity contribution in [2.24, 2.45) is 17.2 Å². The lowest BCUT2D eigenvalue weighted by Crippen LogP contribution is -2.11. The fourth-order valence-electron chi connectivity index (χ4n) is 3.23. The average molecular weight is 446 g/mol. The predicted molar refractivity (Wildman–Crippen MR) is 135 cm³/mol. The Balaban J connectivity index is 1.69. The van der Waals surface area contributed by atoms with E-state index in [-0.39, 0.29) is 11.7 Å². The number of nitrogen functional groups attached to an aromatic ring is 2. The van der Waals surface area contributed by atoms with Crippen molar-refractivity contribution in [3.05, 3.63) is 89.0 Å². The van der Waals surface area contributed by atoms with Gasteiger partial charge in [0.05, 0.1) is 6.61 Å². The molecule has 0 radical (unpaired) electrons. The summed E-state index contributed by atoms with van der Waals surface area (Å²) in [5.74, 6) is 0.910. The highest BCUT2D eigenvalue weighted by Gasteiger charge is 2.05. The van der Waals surface area contributed by atoms with Gasteiger partial charge in [-0.2, -0.15) is 0 Å². The minimum Gasteiger partial charge on any atom is -0.494 e. The van der Waals surface area contributed by atoms with Crippen LogP contribution in [0.3, 0.4) is 0 Å². The van der Waals surface area contributed by atoms with E-state index in [0.717, 1.165) is 34.7 Å². The van der Waals surface area contributed by atoms with E-state index in [1.54, 1.807) is 0 Å². The summed E-state index contributed by atoms with van der Waals surface area (Å²) in [6.45, 7) is 2.39. The molecule has 10 N–H and O–H groups in total. The van der Waals surface area contributed by atoms with Gasteiger partial charge in [-0.3, -0.25) is 10.8 Å². The van der Waals surface area contributed by atoms with Gasteiger partial charge in [0.2, 0.25) is 0 Å². The summed E-state index contributed by atoms with van der Waals surface area (Å²) in [5, 5.41) is 21.8. The molecule has 0 saturated carbocycles. The number of amidine groups is 2. The van der Waals surface area contributed by atoms with Crippen LogP contribution in [0.2, 0.25) is 0 Å². The molecule has 0 unspecified atom stereocenters. The van der Waals surface area contributed by atoms with E-state index >= 15 is 0 Å². The van der Waals surface area contributed by atoms with E-state index in [4.69, 9.17) is 32.8 Å². The van der Waals surface area contributed by atoms with E-state index in [1.165, 1.54) is 0 Å². The predicted octanol–water partition coefficient (Wildman–Crippen LogP) is 3.21. The number of benzene rings is 3. The van der Waals surface area contributed by atoms with Crippen LogP contribution < -0.4 is 32.6 Å². The third-order valence-electron chi connectivity index (χ3n) is 5.03. The van der Waals surface area contributed by atoms with Crippen LogP contribution in [-0.4, -0.2) is 24.8 Å². The standard InChI is InChI=1S/C25H31N7O/c26-10-1-11-33-23-13-17(15-31-21-6-2-19(3-7-21)24(27)28)12-18(14-23)16-32-22-8-4-20(5-9-22)25(29)30/h2-9,12-14,31-32H,1,10-11,15-16,26H2,(H3,27,28)(H3,29,30). The number of nitrogens with one attached hydrogen (secondary N) is 4. The first-order valence-electron chi connectivity index (χ1n) is 10.8. The molecule has 3 aromatic rings. The lowest BCUT2D eigenvalue weighted by atomic mass is 10.1. The van der Waals surface area contributed by atoms with Crippen molar-refractivity contribution in [3.8, 4) is 5.75 Å². The highest BCUT2D eigenvalue weighted by Crippen LogP contribution is 2.21. The second-order valence-electron chi connectivity index (χ2n) is 7.67. The molecule has 0 aliphatic rings. The SMILES string of the molecule is N=C(N)c1ccc(NCc2cc(CNc3ccc(C(=N)N)cc3)cc(OCCCN)c2)cc1. The fourth-order valence-corrected chi connectivity index (χ4v) is 3.23. The van der Waals surface area contributed by atoms with Gasteiger partial charge >= 0.3 is 0 Å². The van der Waals surface area contributed by atoms with Crippen LogP contribution in [-0.2, 0) is 13.1 Å². The number of anilines is 2. The summed E-state index contributed by atoms with van der Waals surface area (Å²) < 4.78 is 5.91. The summed E-state index contributed by atoms with van der Waals surface area (Å²) in [7, 11) is 0. The highest BCUT2D eigenvalue weighted by atomic mass is 16.5. The summed E-state index contributed by atoms with van der Waals surface area (Å²) >= 11 is 0. The lowest BCUT2D eigenvalue weighted by Gasteiger charge is -2.14. The molecule has 0 heterocycles. The van der Waals surface area contributed by atoms with Gasteiger partial charge in [0.15, 0.2) is 0 Å². The maximum Gasteiger partial charge on any atom is 0.122 e. The Labute approximate surface area is 194 Å². The molecule has 0 fully saturated rings. The third kappa shape index (κ3) is 7.26. The van der Waals surface area contributed by atoms with Crippen LogP contribution in [0.4, 0.5) is 11.4 Å². The van der Waals surface area contributed by atoms with Crippen molar-refractivity contribution >= 4 is 23.0 Å². The van der Waals surface area contributed by atoms with Gasteiger partial charge in [0, 0.05) is 35.6 Å². The highest BCUT2D eigenvalue weighted by molar-refractivity contribution is 5.95. The number of nitrogens with two attached hydrogens (primary N) is 3. The Kier molecular flexibility index (Phi) is 8.26. The van der Waals surface area contributed by atoms with Crippen LogP contribution in [0.1, 0.15) is 28.7 Å². The van der Waals surface area contributed by atoms with Crippen LogP contribution >= 0.6 is 0 Å². The molecule has 3 rings (SSSR count). The largest absolute Gasteiger partial charge is 0.494 e. The Morgan fingerprint density at radius 3 is 1.58 bits per heavy atom. The molecular formula is C25H31N7O. The first-order valence-corrected chi connectivity index (χ1v) is 10.8. The van der Waals surface area contributed by atoms with Crippen molar-refractivity contribution in [2.45, 2.75) is 19.5 Å². The van der Waals surface area contributed by atoms with E-state index in [2.05, 4.69) is 16.7 Å². The monoisotopic (exact) mass is 445 g/mol. The normalized spacial score (nSPS) is 10.5. The Morgan fingerprint density at radius 2 is 1.18 bits per heavy atom. The van der Waals surface area contributed by atoms with Crippen molar-refractivity contribution in [3.63, 3.8) is 0 Å². The summed E-state index contributed by atoms with van der Waals surface area (Å²) in [6.07, 6.45) is 0.793. The minimum atomic E-state index is 0.0527. The number of hydrogen-bond donors (Lipinski definition) is 7. The number of ether oxygens (including phenoxy) is 1. The molecule has 0 amide bonds. The molecule has 3 aromatic carbocycles. The third-order valence-corrected chi connectivity index (χ3v) is 5.03. The molecule has 8 nitrogen and oxygen atoms in total. The quantitative estimate of drug-likeness (QED) is 0.129. The van der Waals surface area contributed by atoms with Crippen molar-refractivity contribution < 1.29 is 4.74 Å². The van der Waals surface area contributed by atoms with Crippen LogP contribution in [0.5, 0.6) is 5.75 Å². The number of rotatable bonds is 12. The number of hydrogen-bond acceptors (Lipinski definition) is 6. The van der Waals surface area contributed by atoms with Crippen LogP contribution in [0, 0.1) is 10.8 Å². The molecular weight excluding hydrogens is 414 g/mol. The van der Waals surface area contributed by atoms with Crippen molar-refractivity contribution in [1.82, 2.24) is 0 Å². The fraction of sp³-hybridized carbons (Fsp3) is 0.200. The topological polar surface area (TPSA) is 159 Å². The Hall–Kier alpha value is -4.04. The van der Waals surface area contributed by atoms with Crippen LogP contribution in [0.25, 0.3) is 0 Å². The van der Waals surface area contributed by atoms with Gasteiger partial charge < -0.3 is 32.6 Å². The van der Waals surface area contributed by atoms with Gasteiger partial charge in [-0.15, -0.1) is 0 Å². The molecule has 8 heteroatoms. The molecule has 0 saturated heterocycles. The molecule has 33 heavy (non-hydrogen) atoms. The molecule has 0 aromatic heterocycles. The van der Waals surface area contributed by atoms with E-state index < -0.39 is 0 Å². The minimum absolute atomic E-state index is 0.0527. The molecule has 0 aliphatic heterocycles. The molecule has 0 spiro atoms. The van der Waals surface area contributed by atoms with Crippen molar-refractivity contribution in [1.29, 1.82) is 10.8 Å². The zero-order valence-electron chi connectivity index (χ0n) is 18.5. The van der Waals surface area contributed by atoms with Crippen molar-refractivity contribution in [2.75, 3.05) is 23.8 Å².